The van der Waals surface area contributed by atoms with Gasteiger partial charge in [0.15, 0.2) is 0 Å². The van der Waals surface area contributed by atoms with Crippen molar-refractivity contribution in [3.8, 4) is 0 Å². The molecule has 2 aliphatic carbocycles. The molecule has 4 N–H and O–H groups in total. The minimum atomic E-state index is -0.961. The van der Waals surface area contributed by atoms with E-state index in [1.165, 1.54) is 11.3 Å². The summed E-state index contributed by atoms with van der Waals surface area (Å²) in [7, 11) is 0. The van der Waals surface area contributed by atoms with Crippen molar-refractivity contribution in [1.29, 1.82) is 0 Å². The summed E-state index contributed by atoms with van der Waals surface area (Å²) >= 11 is 1.43. The molecule has 1 aromatic heterocycles. The summed E-state index contributed by atoms with van der Waals surface area (Å²) in [6.45, 7) is 10.6. The molecule has 31 heavy (non-hydrogen) atoms. The van der Waals surface area contributed by atoms with Gasteiger partial charge in [0.2, 0.25) is 5.91 Å². The smallest absolute Gasteiger partial charge is 0.307 e. The maximum Gasteiger partial charge on any atom is 0.307 e. The zero-order valence-electron chi connectivity index (χ0n) is 19.1. The molecule has 3 rings (SSSR count). The van der Waals surface area contributed by atoms with Gasteiger partial charge in [0.05, 0.1) is 17.4 Å². The molecule has 0 fully saturated rings. The van der Waals surface area contributed by atoms with Crippen LogP contribution >= 0.6 is 11.3 Å². The van der Waals surface area contributed by atoms with E-state index in [2.05, 4.69) is 26.1 Å². The molecule has 1 heterocycles. The normalized spacial score (nSPS) is 24.0. The molecule has 6 nitrogen and oxygen atoms in total. The van der Waals surface area contributed by atoms with Crippen LogP contribution in [0.2, 0.25) is 0 Å². The number of nitrogens with two attached hydrogens (primary N) is 1. The number of nitrogens with one attached hydrogen (secondary N) is 1. The fourth-order valence-corrected chi connectivity index (χ4v) is 6.26. The number of carbonyl (C=O) groups excluding carboxylic acids is 2. The Morgan fingerprint density at radius 3 is 2.29 bits per heavy atom. The first kappa shape index (κ1) is 23.5. The quantitative estimate of drug-likeness (QED) is 0.547. The van der Waals surface area contributed by atoms with E-state index >= 15 is 0 Å². The van der Waals surface area contributed by atoms with Crippen LogP contribution in [-0.2, 0) is 22.4 Å². The van der Waals surface area contributed by atoms with E-state index in [0.29, 0.717) is 29.3 Å². The van der Waals surface area contributed by atoms with Crippen LogP contribution in [0.4, 0.5) is 5.00 Å². The summed E-state index contributed by atoms with van der Waals surface area (Å²) in [5.74, 6) is -2.74. The van der Waals surface area contributed by atoms with Gasteiger partial charge in [0.1, 0.15) is 5.00 Å². The van der Waals surface area contributed by atoms with Crippen molar-refractivity contribution in [3.63, 3.8) is 0 Å². The molecule has 0 aromatic carbocycles. The maximum atomic E-state index is 13.1. The van der Waals surface area contributed by atoms with E-state index in [4.69, 9.17) is 5.73 Å². The zero-order valence-corrected chi connectivity index (χ0v) is 19.9. The number of primary amides is 1. The van der Waals surface area contributed by atoms with Crippen LogP contribution in [0.1, 0.15) is 81.1 Å². The average molecular weight is 447 g/mol. The molecule has 0 unspecified atom stereocenters. The van der Waals surface area contributed by atoms with Gasteiger partial charge in [-0.15, -0.1) is 11.3 Å². The second-order valence-corrected chi connectivity index (χ2v) is 11.0. The minimum Gasteiger partial charge on any atom is -0.481 e. The Morgan fingerprint density at radius 2 is 1.74 bits per heavy atom. The van der Waals surface area contributed by atoms with E-state index in [0.717, 1.165) is 47.3 Å². The van der Waals surface area contributed by atoms with Gasteiger partial charge in [0.25, 0.3) is 5.91 Å². The largest absolute Gasteiger partial charge is 0.481 e. The van der Waals surface area contributed by atoms with E-state index < -0.39 is 23.7 Å². The molecule has 1 aromatic rings. The summed E-state index contributed by atoms with van der Waals surface area (Å²) < 4.78 is 0. The number of carbonyl (C=O) groups is 3. The van der Waals surface area contributed by atoms with E-state index in [1.807, 2.05) is 13.8 Å². The van der Waals surface area contributed by atoms with Crippen molar-refractivity contribution in [2.75, 3.05) is 5.32 Å². The number of carboxylic acid groups (broad SMARTS) is 1. The number of aliphatic carboxylic acids is 1. The van der Waals surface area contributed by atoms with Gasteiger partial charge in [-0.3, -0.25) is 14.4 Å². The molecular weight excluding hydrogens is 412 g/mol. The summed E-state index contributed by atoms with van der Waals surface area (Å²) in [6, 6.07) is 0. The van der Waals surface area contributed by atoms with Gasteiger partial charge in [-0.1, -0.05) is 38.3 Å². The van der Waals surface area contributed by atoms with Crippen LogP contribution in [0.25, 0.3) is 0 Å². The van der Waals surface area contributed by atoms with Crippen LogP contribution < -0.4 is 11.1 Å². The molecule has 0 saturated heterocycles. The van der Waals surface area contributed by atoms with Gasteiger partial charge in [-0.05, 0) is 62.8 Å². The van der Waals surface area contributed by atoms with Crippen LogP contribution in [0, 0.1) is 23.2 Å². The van der Waals surface area contributed by atoms with Crippen molar-refractivity contribution in [2.24, 2.45) is 28.9 Å². The Hall–Kier alpha value is -2.15. The lowest BCUT2D eigenvalue weighted by atomic mass is 9.69. The highest BCUT2D eigenvalue weighted by Gasteiger charge is 2.39. The number of thiophene rings is 1. The third kappa shape index (κ3) is 4.56. The Balaban J connectivity index is 1.89. The Morgan fingerprint density at radius 1 is 1.13 bits per heavy atom. The third-order valence-electron chi connectivity index (χ3n) is 7.69. The van der Waals surface area contributed by atoms with E-state index in [1.54, 1.807) is 0 Å². The van der Waals surface area contributed by atoms with E-state index in [9.17, 15) is 19.5 Å². The fourth-order valence-electron chi connectivity index (χ4n) is 4.92. The van der Waals surface area contributed by atoms with Crippen LogP contribution in [0.3, 0.4) is 0 Å². The van der Waals surface area contributed by atoms with Crippen molar-refractivity contribution in [3.05, 3.63) is 27.2 Å². The number of hydrogen-bond donors (Lipinski definition) is 3. The summed E-state index contributed by atoms with van der Waals surface area (Å²) in [6.07, 6.45) is 4.50. The molecule has 2 aliphatic rings. The van der Waals surface area contributed by atoms with Gasteiger partial charge < -0.3 is 16.2 Å². The predicted molar refractivity (Wildman–Crippen MR) is 123 cm³/mol. The van der Waals surface area contributed by atoms with Crippen molar-refractivity contribution in [1.82, 2.24) is 0 Å². The van der Waals surface area contributed by atoms with Gasteiger partial charge in [-0.2, -0.15) is 0 Å². The monoisotopic (exact) mass is 446 g/mol. The molecule has 0 aliphatic heterocycles. The number of hydrogen-bond acceptors (Lipinski definition) is 4. The summed E-state index contributed by atoms with van der Waals surface area (Å²) in [4.78, 5) is 38.4. The van der Waals surface area contributed by atoms with Crippen LogP contribution in [0.5, 0.6) is 0 Å². The Labute approximate surface area is 188 Å². The molecule has 0 saturated carbocycles. The highest BCUT2D eigenvalue weighted by molar-refractivity contribution is 7.17. The number of carboxylic acids is 1. The molecular formula is C24H34N2O4S. The van der Waals surface area contributed by atoms with Crippen molar-refractivity contribution >= 4 is 34.1 Å². The lowest BCUT2D eigenvalue weighted by Crippen LogP contribution is -2.36. The second kappa shape index (κ2) is 8.77. The molecule has 170 valence electrons. The fraction of sp³-hybridized carbons (Fsp3) is 0.625. The minimum absolute atomic E-state index is 0.205. The summed E-state index contributed by atoms with van der Waals surface area (Å²) in [5.41, 5.74) is 9.38. The van der Waals surface area contributed by atoms with Crippen molar-refractivity contribution < 1.29 is 19.5 Å². The number of anilines is 1. The lowest BCUT2D eigenvalue weighted by molar-refractivity contribution is -0.146. The lowest BCUT2D eigenvalue weighted by Gasteiger charge is -2.36. The van der Waals surface area contributed by atoms with Crippen LogP contribution in [-0.4, -0.2) is 22.9 Å². The highest BCUT2D eigenvalue weighted by atomic mass is 32.1. The molecule has 3 atom stereocenters. The number of allylic oxidation sites excluding steroid dienone is 2. The number of fused-ring (bicyclic) bond motifs is 1. The van der Waals surface area contributed by atoms with Gasteiger partial charge in [0, 0.05) is 4.88 Å². The van der Waals surface area contributed by atoms with Gasteiger partial charge in [-0.25, -0.2) is 0 Å². The standard InChI is InChI=1S/C24H34N2O4S/c1-6-24(4,5)14-7-8-15-18(11-14)31-22(19(15)20(25)27)26-21(28)16-9-12(2)13(3)10-17(16)23(29)30/h14,16-17H,6-11H2,1-5H3,(H2,25,27)(H,26,28)(H,29,30)/t14-,16+,17-/m0/s1. The number of amides is 2. The Kier molecular flexibility index (Phi) is 6.65. The summed E-state index contributed by atoms with van der Waals surface area (Å²) in [5, 5.41) is 13.0. The molecule has 2 amide bonds. The molecule has 0 radical (unpaired) electrons. The SMILES string of the molecule is CCC(C)(C)[C@H]1CCc2c(sc(NC(=O)[C@@H]3CC(C)=C(C)C[C@@H]3C(=O)O)c2C(N)=O)C1. The van der Waals surface area contributed by atoms with Crippen LogP contribution in [0.15, 0.2) is 11.1 Å². The maximum absolute atomic E-state index is 13.1. The highest BCUT2D eigenvalue weighted by Crippen LogP contribution is 2.46. The first-order valence-electron chi connectivity index (χ1n) is 11.1. The molecule has 0 spiro atoms. The van der Waals surface area contributed by atoms with Gasteiger partial charge >= 0.3 is 5.97 Å². The average Bonchev–Trinajstić information content (AvgIpc) is 3.06. The zero-order chi connectivity index (χ0) is 23.1. The predicted octanol–water partition coefficient (Wildman–Crippen LogP) is 4.77. The van der Waals surface area contributed by atoms with E-state index in [-0.39, 0.29) is 11.3 Å². The Bertz CT molecular complexity index is 944. The first-order chi connectivity index (χ1) is 14.5. The topological polar surface area (TPSA) is 109 Å². The third-order valence-corrected chi connectivity index (χ3v) is 8.86. The first-order valence-corrected chi connectivity index (χ1v) is 11.9. The molecule has 0 bridgehead atoms. The second-order valence-electron chi connectivity index (χ2n) is 9.86. The van der Waals surface area contributed by atoms with Crippen molar-refractivity contribution in [2.45, 2.75) is 73.1 Å². The molecule has 7 heteroatoms. The number of rotatable bonds is 6.